The van der Waals surface area contributed by atoms with Crippen LogP contribution >= 0.6 is 0 Å². The predicted octanol–water partition coefficient (Wildman–Crippen LogP) is 0.154. The molecular formula is C10H18N2O3. The number of nitrogens with one attached hydrogen (secondary N) is 2. The molecule has 1 amide bonds. The molecule has 5 heteroatoms. The topological polar surface area (TPSA) is 67.4 Å². The Morgan fingerprint density at radius 1 is 1.53 bits per heavy atom. The van der Waals surface area contributed by atoms with Gasteiger partial charge in [0.25, 0.3) is 0 Å². The molecule has 1 rings (SSSR count). The highest BCUT2D eigenvalue weighted by Crippen LogP contribution is 2.08. The van der Waals surface area contributed by atoms with E-state index in [0.29, 0.717) is 0 Å². The van der Waals surface area contributed by atoms with E-state index in [0.717, 1.165) is 25.8 Å². The molecule has 1 aliphatic rings. The first kappa shape index (κ1) is 12.0. The van der Waals surface area contributed by atoms with Crippen molar-refractivity contribution in [2.75, 3.05) is 6.54 Å². The molecule has 0 aromatic heterocycles. The number of hydrogen-bond acceptors (Lipinski definition) is 4. The fourth-order valence-electron chi connectivity index (χ4n) is 1.46. The molecule has 5 nitrogen and oxygen atoms in total. The van der Waals surface area contributed by atoms with Crippen LogP contribution in [0.2, 0.25) is 0 Å². The zero-order chi connectivity index (χ0) is 11.3. The van der Waals surface area contributed by atoms with E-state index in [-0.39, 0.29) is 17.9 Å². The number of esters is 1. The molecule has 2 unspecified atom stereocenters. The van der Waals surface area contributed by atoms with Gasteiger partial charge in [-0.05, 0) is 13.0 Å². The summed E-state index contributed by atoms with van der Waals surface area (Å²) in [6.07, 6.45) is 2.83. The van der Waals surface area contributed by atoms with E-state index in [1.165, 1.54) is 6.92 Å². The van der Waals surface area contributed by atoms with E-state index in [4.69, 9.17) is 4.74 Å². The van der Waals surface area contributed by atoms with Gasteiger partial charge in [-0.1, -0.05) is 19.8 Å². The Hall–Kier alpha value is -1.10. The van der Waals surface area contributed by atoms with Crippen LogP contribution in [0.4, 0.5) is 0 Å². The van der Waals surface area contributed by atoms with Crippen molar-refractivity contribution in [3.63, 3.8) is 0 Å². The van der Waals surface area contributed by atoms with Crippen molar-refractivity contribution in [3.8, 4) is 0 Å². The number of β-lactam (4-membered cyclic amide) rings is 1. The van der Waals surface area contributed by atoms with Crippen molar-refractivity contribution in [1.82, 2.24) is 10.6 Å². The Morgan fingerprint density at radius 2 is 2.27 bits per heavy atom. The van der Waals surface area contributed by atoms with Crippen molar-refractivity contribution >= 4 is 11.9 Å². The number of ether oxygens (including phenoxy) is 1. The van der Waals surface area contributed by atoms with Crippen LogP contribution in [0.1, 0.15) is 33.1 Å². The monoisotopic (exact) mass is 214 g/mol. The summed E-state index contributed by atoms with van der Waals surface area (Å²) in [5.74, 6) is -0.474. The van der Waals surface area contributed by atoms with E-state index < -0.39 is 6.23 Å². The molecule has 1 aliphatic heterocycles. The first-order valence-electron chi connectivity index (χ1n) is 5.36. The van der Waals surface area contributed by atoms with Gasteiger partial charge in [0.05, 0.1) is 0 Å². The van der Waals surface area contributed by atoms with Crippen LogP contribution < -0.4 is 10.6 Å². The van der Waals surface area contributed by atoms with E-state index >= 15 is 0 Å². The third-order valence-corrected chi connectivity index (χ3v) is 2.31. The van der Waals surface area contributed by atoms with Crippen LogP contribution in [-0.2, 0) is 14.3 Å². The van der Waals surface area contributed by atoms with Crippen molar-refractivity contribution < 1.29 is 14.3 Å². The fourth-order valence-corrected chi connectivity index (χ4v) is 1.46. The van der Waals surface area contributed by atoms with Crippen molar-refractivity contribution in [3.05, 3.63) is 0 Å². The van der Waals surface area contributed by atoms with Crippen molar-refractivity contribution in [1.29, 1.82) is 0 Å². The number of unbranched alkanes of at least 4 members (excludes halogenated alkanes) is 2. The Morgan fingerprint density at radius 3 is 2.80 bits per heavy atom. The van der Waals surface area contributed by atoms with Gasteiger partial charge in [-0.15, -0.1) is 0 Å². The van der Waals surface area contributed by atoms with Gasteiger partial charge in [0.15, 0.2) is 6.23 Å². The summed E-state index contributed by atoms with van der Waals surface area (Å²) in [5.41, 5.74) is 0. The Bertz CT molecular complexity index is 243. The SMILES string of the molecule is CCCCCNC1C(=O)NC1OC(C)=O. The van der Waals surface area contributed by atoms with Crippen LogP contribution in [0.15, 0.2) is 0 Å². The smallest absolute Gasteiger partial charge is 0.304 e. The second kappa shape index (κ2) is 5.70. The van der Waals surface area contributed by atoms with Crippen LogP contribution in [-0.4, -0.2) is 30.7 Å². The standard InChI is InChI=1S/C10H18N2O3/c1-3-4-5-6-11-8-9(14)12-10(8)15-7(2)13/h8,10-11H,3-6H2,1-2H3,(H,12,14). The van der Waals surface area contributed by atoms with Gasteiger partial charge >= 0.3 is 5.97 Å². The lowest BCUT2D eigenvalue weighted by molar-refractivity contribution is -0.162. The highest BCUT2D eigenvalue weighted by Gasteiger charge is 2.41. The largest absolute Gasteiger partial charge is 0.440 e. The highest BCUT2D eigenvalue weighted by atomic mass is 16.6. The first-order chi connectivity index (χ1) is 7.15. The normalized spacial score (nSPS) is 24.3. The van der Waals surface area contributed by atoms with E-state index in [1.54, 1.807) is 0 Å². The van der Waals surface area contributed by atoms with Gasteiger partial charge in [-0.3, -0.25) is 9.59 Å². The zero-order valence-corrected chi connectivity index (χ0v) is 9.21. The Labute approximate surface area is 89.6 Å². The average molecular weight is 214 g/mol. The molecule has 0 bridgehead atoms. The second-order valence-corrected chi connectivity index (χ2v) is 3.68. The van der Waals surface area contributed by atoms with Crippen molar-refractivity contribution in [2.45, 2.75) is 45.4 Å². The Balaban J connectivity index is 2.20. The first-order valence-corrected chi connectivity index (χ1v) is 5.36. The summed E-state index contributed by atoms with van der Waals surface area (Å²) in [7, 11) is 0. The maximum absolute atomic E-state index is 11.1. The number of carbonyl (C=O) groups is 2. The minimum atomic E-state index is -0.489. The average Bonchev–Trinajstić information content (AvgIpc) is 2.16. The van der Waals surface area contributed by atoms with Crippen LogP contribution in [0.25, 0.3) is 0 Å². The molecule has 0 aromatic carbocycles. The van der Waals surface area contributed by atoms with Gasteiger partial charge in [0.1, 0.15) is 6.04 Å². The third-order valence-electron chi connectivity index (χ3n) is 2.31. The molecule has 1 saturated heterocycles. The van der Waals surface area contributed by atoms with Crippen LogP contribution in [0, 0.1) is 0 Å². The summed E-state index contributed by atoms with van der Waals surface area (Å²) < 4.78 is 4.89. The minimum Gasteiger partial charge on any atom is -0.440 e. The van der Waals surface area contributed by atoms with E-state index in [1.807, 2.05) is 0 Å². The second-order valence-electron chi connectivity index (χ2n) is 3.68. The fraction of sp³-hybridized carbons (Fsp3) is 0.800. The predicted molar refractivity (Wildman–Crippen MR) is 55.0 cm³/mol. The number of carbonyl (C=O) groups excluding carboxylic acids is 2. The molecule has 2 atom stereocenters. The van der Waals surface area contributed by atoms with Gasteiger partial charge in [0.2, 0.25) is 5.91 Å². The molecule has 0 aromatic rings. The lowest BCUT2D eigenvalue weighted by atomic mass is 10.1. The van der Waals surface area contributed by atoms with E-state index in [2.05, 4.69) is 17.6 Å². The summed E-state index contributed by atoms with van der Waals surface area (Å²) in [4.78, 5) is 21.8. The number of hydrogen-bond donors (Lipinski definition) is 2. The lowest BCUT2D eigenvalue weighted by Gasteiger charge is -2.35. The summed E-state index contributed by atoms with van der Waals surface area (Å²) in [6.45, 7) is 4.24. The third kappa shape index (κ3) is 3.51. The summed E-state index contributed by atoms with van der Waals surface area (Å²) in [6, 6.07) is -0.370. The zero-order valence-electron chi connectivity index (χ0n) is 9.21. The molecule has 1 fully saturated rings. The highest BCUT2D eigenvalue weighted by molar-refractivity contribution is 5.89. The molecule has 0 radical (unpaired) electrons. The molecule has 86 valence electrons. The van der Waals surface area contributed by atoms with Gasteiger partial charge in [-0.25, -0.2) is 0 Å². The Kier molecular flexibility index (Phi) is 4.55. The number of amides is 1. The van der Waals surface area contributed by atoms with E-state index in [9.17, 15) is 9.59 Å². The van der Waals surface area contributed by atoms with Gasteiger partial charge in [0, 0.05) is 6.92 Å². The maximum Gasteiger partial charge on any atom is 0.304 e. The van der Waals surface area contributed by atoms with Crippen LogP contribution in [0.3, 0.4) is 0 Å². The molecule has 2 N–H and O–H groups in total. The molecule has 0 saturated carbocycles. The summed E-state index contributed by atoms with van der Waals surface area (Å²) >= 11 is 0. The minimum absolute atomic E-state index is 0.0993. The van der Waals surface area contributed by atoms with Crippen LogP contribution in [0.5, 0.6) is 0 Å². The lowest BCUT2D eigenvalue weighted by Crippen LogP contribution is -2.69. The molecular weight excluding hydrogens is 196 g/mol. The summed E-state index contributed by atoms with van der Waals surface area (Å²) in [5, 5.41) is 5.59. The molecule has 1 heterocycles. The van der Waals surface area contributed by atoms with Gasteiger partial charge in [-0.2, -0.15) is 0 Å². The van der Waals surface area contributed by atoms with Crippen molar-refractivity contribution in [2.24, 2.45) is 0 Å². The maximum atomic E-state index is 11.1. The molecule has 15 heavy (non-hydrogen) atoms. The number of rotatable bonds is 6. The van der Waals surface area contributed by atoms with Gasteiger partial charge < -0.3 is 15.4 Å². The molecule has 0 spiro atoms. The molecule has 0 aliphatic carbocycles. The quantitative estimate of drug-likeness (QED) is 0.375.